The third-order valence-corrected chi connectivity index (χ3v) is 3.89. The molecule has 5 heteroatoms. The lowest BCUT2D eigenvalue weighted by Crippen LogP contribution is -2.37. The molecule has 1 amide bonds. The first-order valence-corrected chi connectivity index (χ1v) is 8.48. The highest BCUT2D eigenvalue weighted by Crippen LogP contribution is 2.26. The molecule has 1 aliphatic heterocycles. The molecule has 0 atom stereocenters. The number of carbonyl (C=O) groups excluding carboxylic acids is 1. The molecule has 0 aliphatic carbocycles. The van der Waals surface area contributed by atoms with Gasteiger partial charge in [-0.2, -0.15) is 0 Å². The van der Waals surface area contributed by atoms with Crippen LogP contribution in [0.4, 0.5) is 4.79 Å². The molecular weight excluding hydrogens is 294 g/mol. The summed E-state index contributed by atoms with van der Waals surface area (Å²) < 4.78 is 5.52. The number of nitrogens with zero attached hydrogens (tertiary/aromatic N) is 1. The van der Waals surface area contributed by atoms with Crippen LogP contribution in [-0.2, 0) is 9.53 Å². The van der Waals surface area contributed by atoms with Crippen molar-refractivity contribution in [3.8, 4) is 0 Å². The third-order valence-electron chi connectivity index (χ3n) is 3.89. The molecule has 0 aromatic carbocycles. The van der Waals surface area contributed by atoms with Gasteiger partial charge in [-0.1, -0.05) is 19.9 Å². The van der Waals surface area contributed by atoms with E-state index in [9.17, 15) is 9.59 Å². The van der Waals surface area contributed by atoms with Gasteiger partial charge in [-0.05, 0) is 58.3 Å². The molecule has 0 bridgehead atoms. The molecule has 132 valence electrons. The van der Waals surface area contributed by atoms with Crippen LogP contribution in [0.3, 0.4) is 0 Å². The van der Waals surface area contributed by atoms with Crippen LogP contribution in [0.2, 0.25) is 0 Å². The Bertz CT molecular complexity index is 440. The fourth-order valence-electron chi connectivity index (χ4n) is 2.61. The van der Waals surface area contributed by atoms with E-state index in [0.29, 0.717) is 31.3 Å². The Hall–Kier alpha value is -1.52. The van der Waals surface area contributed by atoms with Crippen molar-refractivity contribution in [2.75, 3.05) is 13.1 Å². The van der Waals surface area contributed by atoms with Crippen LogP contribution in [0.15, 0.2) is 11.6 Å². The van der Waals surface area contributed by atoms with Gasteiger partial charge in [-0.3, -0.25) is 0 Å². The zero-order chi connectivity index (χ0) is 17.6. The topological polar surface area (TPSA) is 66.8 Å². The number of esters is 1. The minimum Gasteiger partial charge on any atom is -0.465 e. The van der Waals surface area contributed by atoms with Gasteiger partial charge in [-0.15, -0.1) is 0 Å². The minimum atomic E-state index is -0.855. The molecule has 0 aromatic heterocycles. The van der Waals surface area contributed by atoms with E-state index in [1.165, 1.54) is 4.90 Å². The maximum atomic E-state index is 12.4. The van der Waals surface area contributed by atoms with E-state index < -0.39 is 11.7 Å². The van der Waals surface area contributed by atoms with E-state index in [1.54, 1.807) is 0 Å². The normalized spacial score (nSPS) is 17.5. The Balaban J connectivity index is 2.69. The third kappa shape index (κ3) is 7.53. The molecule has 0 spiro atoms. The smallest absolute Gasteiger partial charge is 0.407 e. The first-order valence-electron chi connectivity index (χ1n) is 8.48. The standard InChI is InChI=1S/C18H31NO4/c1-13(2)6-7-15(16(20)23-18(3,4)5)12-14-8-10-19(11-9-14)17(21)22/h7,13-14H,6,8-12H2,1-5H3,(H,21,22). The first-order chi connectivity index (χ1) is 10.6. The van der Waals surface area contributed by atoms with Crippen LogP contribution < -0.4 is 0 Å². The summed E-state index contributed by atoms with van der Waals surface area (Å²) in [6.07, 6.45) is 4.27. The highest BCUT2D eigenvalue weighted by molar-refractivity contribution is 5.88. The van der Waals surface area contributed by atoms with Gasteiger partial charge in [0.15, 0.2) is 0 Å². The van der Waals surface area contributed by atoms with Gasteiger partial charge in [0.05, 0.1) is 0 Å². The molecule has 1 saturated heterocycles. The number of hydrogen-bond donors (Lipinski definition) is 1. The molecule has 5 nitrogen and oxygen atoms in total. The van der Waals surface area contributed by atoms with Crippen LogP contribution >= 0.6 is 0 Å². The number of carbonyl (C=O) groups is 2. The second-order valence-electron chi connectivity index (χ2n) is 7.78. The minimum absolute atomic E-state index is 0.237. The average Bonchev–Trinajstić information content (AvgIpc) is 2.41. The lowest BCUT2D eigenvalue weighted by molar-refractivity contribution is -0.150. The number of piperidine rings is 1. The second-order valence-corrected chi connectivity index (χ2v) is 7.78. The highest BCUT2D eigenvalue weighted by Gasteiger charge is 2.26. The summed E-state index contributed by atoms with van der Waals surface area (Å²) in [6.45, 7) is 10.9. The molecule has 0 unspecified atom stereocenters. The Morgan fingerprint density at radius 2 is 1.83 bits per heavy atom. The molecule has 23 heavy (non-hydrogen) atoms. The summed E-state index contributed by atoms with van der Waals surface area (Å²) in [4.78, 5) is 24.8. The van der Waals surface area contributed by atoms with E-state index in [-0.39, 0.29) is 5.97 Å². The quantitative estimate of drug-likeness (QED) is 0.611. The Labute approximate surface area is 139 Å². The summed E-state index contributed by atoms with van der Waals surface area (Å²) in [6, 6.07) is 0. The van der Waals surface area contributed by atoms with Crippen molar-refractivity contribution < 1.29 is 19.4 Å². The number of ether oxygens (including phenoxy) is 1. The van der Waals surface area contributed by atoms with Crippen molar-refractivity contribution in [3.63, 3.8) is 0 Å². The van der Waals surface area contributed by atoms with Gasteiger partial charge < -0.3 is 14.7 Å². The van der Waals surface area contributed by atoms with E-state index in [0.717, 1.165) is 24.8 Å². The second kappa shape index (κ2) is 8.37. The molecule has 1 fully saturated rings. The van der Waals surface area contributed by atoms with E-state index in [4.69, 9.17) is 9.84 Å². The number of likely N-dealkylation sites (tertiary alicyclic amines) is 1. The van der Waals surface area contributed by atoms with E-state index in [2.05, 4.69) is 13.8 Å². The van der Waals surface area contributed by atoms with Gasteiger partial charge in [0, 0.05) is 18.7 Å². The number of hydrogen-bond acceptors (Lipinski definition) is 3. The maximum Gasteiger partial charge on any atom is 0.407 e. The summed E-state index contributed by atoms with van der Waals surface area (Å²) in [7, 11) is 0. The van der Waals surface area contributed by atoms with Gasteiger partial charge in [0.25, 0.3) is 0 Å². The molecule has 1 N–H and O–H groups in total. The van der Waals surface area contributed by atoms with Gasteiger partial charge in [0.2, 0.25) is 0 Å². The predicted octanol–water partition coefficient (Wildman–Crippen LogP) is 4.08. The largest absolute Gasteiger partial charge is 0.465 e. The summed E-state index contributed by atoms with van der Waals surface area (Å²) >= 11 is 0. The zero-order valence-corrected chi connectivity index (χ0v) is 15.1. The Kier molecular flexibility index (Phi) is 7.10. The zero-order valence-electron chi connectivity index (χ0n) is 15.1. The van der Waals surface area contributed by atoms with Crippen molar-refractivity contribution >= 4 is 12.1 Å². The van der Waals surface area contributed by atoms with Crippen LogP contribution in [-0.4, -0.2) is 40.8 Å². The average molecular weight is 325 g/mol. The van der Waals surface area contributed by atoms with Crippen molar-refractivity contribution in [1.29, 1.82) is 0 Å². The lowest BCUT2D eigenvalue weighted by atomic mass is 9.89. The molecular formula is C18H31NO4. The van der Waals surface area contributed by atoms with Crippen LogP contribution in [0.25, 0.3) is 0 Å². The van der Waals surface area contributed by atoms with Gasteiger partial charge >= 0.3 is 12.1 Å². The summed E-state index contributed by atoms with van der Waals surface area (Å²) in [5.74, 6) is 0.594. The van der Waals surface area contributed by atoms with Gasteiger partial charge in [-0.25, -0.2) is 9.59 Å². The van der Waals surface area contributed by atoms with Gasteiger partial charge in [0.1, 0.15) is 5.60 Å². The Morgan fingerprint density at radius 3 is 2.26 bits per heavy atom. The number of amides is 1. The summed E-state index contributed by atoms with van der Waals surface area (Å²) in [5.41, 5.74) is 0.239. The fraction of sp³-hybridized carbons (Fsp3) is 0.778. The molecule has 1 rings (SSSR count). The first kappa shape index (κ1) is 19.5. The molecule has 0 aromatic rings. The monoisotopic (exact) mass is 325 g/mol. The molecule has 0 saturated carbocycles. The fourth-order valence-corrected chi connectivity index (χ4v) is 2.61. The van der Waals surface area contributed by atoms with Crippen molar-refractivity contribution in [2.45, 2.75) is 65.9 Å². The molecule has 0 radical (unpaired) electrons. The maximum absolute atomic E-state index is 12.4. The predicted molar refractivity (Wildman–Crippen MR) is 90.3 cm³/mol. The number of rotatable bonds is 5. The van der Waals surface area contributed by atoms with E-state index in [1.807, 2.05) is 26.8 Å². The summed E-state index contributed by atoms with van der Waals surface area (Å²) in [5, 5.41) is 9.01. The van der Waals surface area contributed by atoms with Crippen LogP contribution in [0.1, 0.15) is 60.3 Å². The van der Waals surface area contributed by atoms with E-state index >= 15 is 0 Å². The number of allylic oxidation sites excluding steroid dienone is 1. The SMILES string of the molecule is CC(C)CC=C(CC1CCN(C(=O)O)CC1)C(=O)OC(C)(C)C. The lowest BCUT2D eigenvalue weighted by Gasteiger charge is -2.30. The van der Waals surface area contributed by atoms with Crippen molar-refractivity contribution in [2.24, 2.45) is 11.8 Å². The Morgan fingerprint density at radius 1 is 1.26 bits per heavy atom. The van der Waals surface area contributed by atoms with Crippen molar-refractivity contribution in [1.82, 2.24) is 4.90 Å². The van der Waals surface area contributed by atoms with Crippen LogP contribution in [0.5, 0.6) is 0 Å². The van der Waals surface area contributed by atoms with Crippen LogP contribution in [0, 0.1) is 11.8 Å². The van der Waals surface area contributed by atoms with Crippen molar-refractivity contribution in [3.05, 3.63) is 11.6 Å². The molecule has 1 heterocycles. The highest BCUT2D eigenvalue weighted by atomic mass is 16.6. The number of carboxylic acid groups (broad SMARTS) is 1. The molecule has 1 aliphatic rings.